The van der Waals surface area contributed by atoms with Crippen LogP contribution in [0.15, 0.2) is 81.6 Å². The molecule has 0 saturated carbocycles. The van der Waals surface area contributed by atoms with E-state index < -0.39 is 42.5 Å². The first-order chi connectivity index (χ1) is 28.9. The van der Waals surface area contributed by atoms with Gasteiger partial charge in [0, 0.05) is 16.2 Å². The highest BCUT2D eigenvalue weighted by molar-refractivity contribution is 7.88. The SMILES string of the molecule is CC1(C)OB(B2OC(C)(C)C(C)(C)O2)OC1(C)C.CC1(C)OB(c2cccc3oc4c(Cl)cccc4c23)OC1(C)C.O=S(=O)(Oc1cccc2oc3c(Cl)cccc3c12)C(F)(F)F. The molecule has 4 aromatic carbocycles. The number of halogens is 5. The van der Waals surface area contributed by atoms with Crippen LogP contribution >= 0.6 is 23.2 Å². The van der Waals surface area contributed by atoms with E-state index in [1.54, 1.807) is 18.2 Å². The number of hydrogen-bond donors (Lipinski definition) is 0. The molecule has 0 atom stereocenters. The van der Waals surface area contributed by atoms with Gasteiger partial charge in [0.05, 0.1) is 49.0 Å². The third kappa shape index (κ3) is 8.60. The lowest BCUT2D eigenvalue weighted by molar-refractivity contribution is -0.0499. The summed E-state index contributed by atoms with van der Waals surface area (Å²) in [5.74, 6) is -0.476. The first kappa shape index (κ1) is 47.5. The fourth-order valence-electron chi connectivity index (χ4n) is 7.02. The summed E-state index contributed by atoms with van der Waals surface area (Å²) in [5, 5.41) is 3.31. The smallest absolute Gasteiger partial charge is 0.455 e. The molecule has 3 saturated heterocycles. The minimum atomic E-state index is -5.77. The highest BCUT2D eigenvalue weighted by atomic mass is 35.5. The second kappa shape index (κ2) is 15.9. The van der Waals surface area contributed by atoms with Gasteiger partial charge in [0.15, 0.2) is 16.9 Å². The van der Waals surface area contributed by atoms with E-state index in [-0.39, 0.29) is 55.2 Å². The van der Waals surface area contributed by atoms with Crippen molar-refractivity contribution in [3.63, 3.8) is 0 Å². The standard InChI is InChI=1S/C18H18BClO3.C13H6ClF3O4S.C12H24B2O4/c1-17(2)18(3,4)23-19(22-17)12-8-6-10-14-15(12)11-7-5-9-13(20)16(11)21-14;14-8-4-1-3-7-11-9(20-12(7)8)5-2-6-10(11)21-22(18,19)13(15,16)17;1-9(2)10(3,4)16-13(15-9)14-17-11(5,6)12(7,8)18-14/h5-10H,1-4H3;1-6H;1-8H3. The van der Waals surface area contributed by atoms with Crippen molar-refractivity contribution in [1.82, 2.24) is 0 Å². The van der Waals surface area contributed by atoms with Crippen LogP contribution in [0.3, 0.4) is 0 Å². The molecule has 11 nitrogen and oxygen atoms in total. The average molecular weight is 933 g/mol. The van der Waals surface area contributed by atoms with Crippen molar-refractivity contribution in [1.29, 1.82) is 0 Å². The second-order valence-electron chi connectivity index (χ2n) is 18.6. The van der Waals surface area contributed by atoms with Crippen LogP contribution in [0.25, 0.3) is 43.9 Å². The van der Waals surface area contributed by atoms with E-state index >= 15 is 0 Å². The molecular formula is C43H48B3Cl2F3O11S. The first-order valence-corrected chi connectivity index (χ1v) is 22.3. The van der Waals surface area contributed by atoms with Gasteiger partial charge in [0.1, 0.15) is 11.2 Å². The molecule has 3 fully saturated rings. The van der Waals surface area contributed by atoms with Crippen LogP contribution in [0.1, 0.15) is 83.1 Å². The zero-order valence-corrected chi connectivity index (χ0v) is 39.3. The minimum absolute atomic E-state index is 0.104. The highest BCUT2D eigenvalue weighted by Gasteiger charge is 2.64. The summed E-state index contributed by atoms with van der Waals surface area (Å²) in [7, 11) is -7.15. The van der Waals surface area contributed by atoms with Crippen LogP contribution in [0.4, 0.5) is 13.2 Å². The number of rotatable bonds is 4. The van der Waals surface area contributed by atoms with Crippen LogP contribution < -0.4 is 9.65 Å². The summed E-state index contributed by atoms with van der Waals surface area (Å²) in [6.45, 7) is 24.4. The molecule has 3 aliphatic rings. The van der Waals surface area contributed by atoms with E-state index in [0.717, 1.165) is 27.9 Å². The van der Waals surface area contributed by atoms with Gasteiger partial charge in [-0.25, -0.2) is 0 Å². The van der Waals surface area contributed by atoms with Gasteiger partial charge < -0.3 is 40.9 Å². The van der Waals surface area contributed by atoms with Gasteiger partial charge in [-0.05, 0) is 119 Å². The van der Waals surface area contributed by atoms with Gasteiger partial charge in [-0.2, -0.15) is 21.6 Å². The van der Waals surface area contributed by atoms with Crippen LogP contribution in [-0.4, -0.2) is 68.7 Å². The third-order valence-electron chi connectivity index (χ3n) is 12.7. The lowest BCUT2D eigenvalue weighted by atomic mass is 9.49. The van der Waals surface area contributed by atoms with E-state index in [4.69, 9.17) is 60.0 Å². The van der Waals surface area contributed by atoms with Gasteiger partial charge in [0.2, 0.25) is 0 Å². The summed E-state index contributed by atoms with van der Waals surface area (Å²) in [5.41, 5.74) is -4.85. The molecule has 0 aliphatic carbocycles. The molecule has 0 amide bonds. The van der Waals surface area contributed by atoms with E-state index in [2.05, 4.69) is 31.9 Å². The molecule has 63 heavy (non-hydrogen) atoms. The molecule has 0 bridgehead atoms. The predicted octanol–water partition coefficient (Wildman–Crippen LogP) is 11.3. The second-order valence-corrected chi connectivity index (χ2v) is 21.0. The number of para-hydroxylation sites is 2. The van der Waals surface area contributed by atoms with Gasteiger partial charge in [0.25, 0.3) is 0 Å². The molecule has 0 unspecified atom stereocenters. The number of benzene rings is 4. The Bertz CT molecular complexity index is 2740. The summed E-state index contributed by atoms with van der Waals surface area (Å²) < 4.78 is 112. The Morgan fingerprint density at radius 2 is 0.889 bits per heavy atom. The Hall–Kier alpha value is -3.45. The van der Waals surface area contributed by atoms with Crippen molar-refractivity contribution < 1.29 is 62.5 Å². The van der Waals surface area contributed by atoms with E-state index in [0.29, 0.717) is 16.0 Å². The zero-order valence-electron chi connectivity index (χ0n) is 36.9. The summed E-state index contributed by atoms with van der Waals surface area (Å²) in [6, 6.07) is 20.3. The maximum Gasteiger partial charge on any atom is 0.534 e. The Kier molecular flexibility index (Phi) is 12.0. The fraction of sp³-hybridized carbons (Fsp3) is 0.442. The quantitative estimate of drug-likeness (QED) is 0.0953. The predicted molar refractivity (Wildman–Crippen MR) is 241 cm³/mol. The van der Waals surface area contributed by atoms with Crippen LogP contribution in [-0.2, 0) is 38.0 Å². The largest absolute Gasteiger partial charge is 0.534 e. The molecule has 0 spiro atoms. The number of fused-ring (bicyclic) bond motifs is 6. The number of hydrogen-bond acceptors (Lipinski definition) is 11. The van der Waals surface area contributed by atoms with Gasteiger partial charge >= 0.3 is 36.8 Å². The maximum absolute atomic E-state index is 12.5. The average Bonchev–Trinajstić information content (AvgIpc) is 3.90. The lowest BCUT2D eigenvalue weighted by Crippen LogP contribution is -2.41. The molecule has 2 aromatic heterocycles. The van der Waals surface area contributed by atoms with Gasteiger partial charge in [-0.3, -0.25) is 0 Å². The fourth-order valence-corrected chi connectivity index (χ4v) is 7.92. The Morgan fingerprint density at radius 3 is 1.32 bits per heavy atom. The van der Waals surface area contributed by atoms with Crippen molar-refractivity contribution >= 4 is 104 Å². The molecule has 336 valence electrons. The van der Waals surface area contributed by atoms with Crippen LogP contribution in [0, 0.1) is 0 Å². The van der Waals surface area contributed by atoms with Crippen molar-refractivity contribution in [2.24, 2.45) is 0 Å². The highest BCUT2D eigenvalue weighted by Crippen LogP contribution is 2.44. The number of alkyl halides is 3. The van der Waals surface area contributed by atoms with Crippen molar-refractivity contribution in [3.8, 4) is 5.75 Å². The normalized spacial score (nSPS) is 20.9. The number of furan rings is 2. The first-order valence-electron chi connectivity index (χ1n) is 20.2. The van der Waals surface area contributed by atoms with Crippen molar-refractivity contribution in [3.05, 3.63) is 82.8 Å². The molecule has 6 aromatic rings. The molecule has 0 N–H and O–H groups in total. The molecule has 20 heteroatoms. The monoisotopic (exact) mass is 932 g/mol. The topological polar surface area (TPSA) is 125 Å². The maximum atomic E-state index is 12.5. The lowest BCUT2D eigenvalue weighted by Gasteiger charge is -2.32. The van der Waals surface area contributed by atoms with E-state index in [1.165, 1.54) is 12.1 Å². The van der Waals surface area contributed by atoms with E-state index in [1.807, 2.05) is 91.8 Å². The van der Waals surface area contributed by atoms with Crippen molar-refractivity contribution in [2.75, 3.05) is 0 Å². The minimum Gasteiger partial charge on any atom is -0.455 e. The zero-order chi connectivity index (χ0) is 46.5. The summed E-state index contributed by atoms with van der Waals surface area (Å²) in [4.78, 5) is 0. The summed E-state index contributed by atoms with van der Waals surface area (Å²) >= 11 is 12.2. The Balaban J connectivity index is 0.000000143. The molecular weight excluding hydrogens is 885 g/mol. The molecule has 5 heterocycles. The Labute approximate surface area is 375 Å². The third-order valence-corrected chi connectivity index (χ3v) is 14.3. The van der Waals surface area contributed by atoms with Crippen molar-refractivity contribution in [2.45, 2.75) is 122 Å². The summed E-state index contributed by atoms with van der Waals surface area (Å²) in [6.07, 6.45) is 0. The molecule has 0 radical (unpaired) electrons. The van der Waals surface area contributed by atoms with Crippen LogP contribution in [0.2, 0.25) is 10.0 Å². The molecule has 3 aliphatic heterocycles. The Morgan fingerprint density at radius 1 is 0.524 bits per heavy atom. The van der Waals surface area contributed by atoms with Gasteiger partial charge in [-0.15, -0.1) is 0 Å². The van der Waals surface area contributed by atoms with E-state index in [9.17, 15) is 21.6 Å². The van der Waals surface area contributed by atoms with Gasteiger partial charge in [-0.1, -0.05) is 65.7 Å². The van der Waals surface area contributed by atoms with Crippen LogP contribution in [0.5, 0.6) is 5.75 Å². The molecule has 9 rings (SSSR count).